The predicted molar refractivity (Wildman–Crippen MR) is 102 cm³/mol. The highest BCUT2D eigenvalue weighted by Crippen LogP contribution is 2.23. The molecule has 0 aliphatic rings. The molecule has 3 rings (SSSR count). The lowest BCUT2D eigenvalue weighted by Crippen LogP contribution is -2.27. The second-order valence-electron chi connectivity index (χ2n) is 6.14. The van der Waals surface area contributed by atoms with E-state index in [0.29, 0.717) is 11.3 Å². The minimum absolute atomic E-state index is 0.0177. The zero-order valence-electron chi connectivity index (χ0n) is 14.5. The molecule has 0 bridgehead atoms. The molecule has 0 aromatic heterocycles. The van der Waals surface area contributed by atoms with E-state index in [0.717, 1.165) is 16.3 Å². The van der Waals surface area contributed by atoms with Crippen molar-refractivity contribution in [1.82, 2.24) is 5.32 Å². The number of phenolic OH excluding ortho intramolecular Hbond substituents is 1. The Morgan fingerprint density at radius 3 is 2.54 bits per heavy atom. The quantitative estimate of drug-likeness (QED) is 0.616. The van der Waals surface area contributed by atoms with Gasteiger partial charge in [-0.05, 0) is 47.5 Å². The molecule has 0 radical (unpaired) electrons. The molecule has 0 aliphatic heterocycles. The van der Waals surface area contributed by atoms with Crippen LogP contribution in [0.15, 0.2) is 60.7 Å². The van der Waals surface area contributed by atoms with Gasteiger partial charge in [-0.1, -0.05) is 36.4 Å². The first kappa shape index (κ1) is 17.5. The number of aryl methyl sites for hydroxylation is 1. The standard InChI is InChI=1S/C21H20N2O3/c1-14-6-9-19(24)18(12-14)23-20(25)10-11-22-21(26)17-8-7-15-4-2-3-5-16(15)13-17/h2-9,12-13,24H,10-11H2,1H3,(H,22,26)(H,23,25). The predicted octanol–water partition coefficient (Wildman–Crippen LogP) is 3.61. The number of nitrogens with one attached hydrogen (secondary N) is 2. The Bertz CT molecular complexity index is 966. The van der Waals surface area contributed by atoms with Gasteiger partial charge in [-0.3, -0.25) is 9.59 Å². The monoisotopic (exact) mass is 348 g/mol. The topological polar surface area (TPSA) is 78.4 Å². The van der Waals surface area contributed by atoms with Crippen LogP contribution in [0.3, 0.4) is 0 Å². The van der Waals surface area contributed by atoms with Gasteiger partial charge in [-0.15, -0.1) is 0 Å². The summed E-state index contributed by atoms with van der Waals surface area (Å²) < 4.78 is 0. The fourth-order valence-corrected chi connectivity index (χ4v) is 2.68. The maximum absolute atomic E-state index is 12.2. The maximum atomic E-state index is 12.2. The van der Waals surface area contributed by atoms with Gasteiger partial charge in [0.1, 0.15) is 5.75 Å². The fraction of sp³-hybridized carbons (Fsp3) is 0.143. The average Bonchev–Trinajstić information content (AvgIpc) is 2.64. The molecule has 3 aromatic rings. The number of carbonyl (C=O) groups is 2. The van der Waals surface area contributed by atoms with E-state index in [-0.39, 0.29) is 30.5 Å². The first-order chi connectivity index (χ1) is 12.5. The van der Waals surface area contributed by atoms with Crippen molar-refractivity contribution in [1.29, 1.82) is 0 Å². The van der Waals surface area contributed by atoms with Gasteiger partial charge < -0.3 is 15.7 Å². The summed E-state index contributed by atoms with van der Waals surface area (Å²) >= 11 is 0. The van der Waals surface area contributed by atoms with Crippen molar-refractivity contribution in [2.24, 2.45) is 0 Å². The summed E-state index contributed by atoms with van der Waals surface area (Å²) in [5.41, 5.74) is 1.86. The number of rotatable bonds is 5. The molecule has 3 aromatic carbocycles. The summed E-state index contributed by atoms with van der Waals surface area (Å²) in [5, 5.41) is 17.2. The summed E-state index contributed by atoms with van der Waals surface area (Å²) in [6, 6.07) is 18.3. The number of benzene rings is 3. The summed E-state index contributed by atoms with van der Waals surface area (Å²) in [6.45, 7) is 2.09. The number of hydrogen-bond acceptors (Lipinski definition) is 3. The highest BCUT2D eigenvalue weighted by molar-refractivity contribution is 5.99. The third-order valence-corrected chi connectivity index (χ3v) is 4.08. The van der Waals surface area contributed by atoms with E-state index < -0.39 is 0 Å². The second-order valence-corrected chi connectivity index (χ2v) is 6.14. The number of aromatic hydroxyl groups is 1. The zero-order valence-corrected chi connectivity index (χ0v) is 14.5. The average molecular weight is 348 g/mol. The Labute approximate surface area is 151 Å². The molecule has 0 atom stereocenters. The Morgan fingerprint density at radius 1 is 0.962 bits per heavy atom. The third-order valence-electron chi connectivity index (χ3n) is 4.08. The Hall–Kier alpha value is -3.34. The van der Waals surface area contributed by atoms with Crippen LogP contribution in [0.5, 0.6) is 5.75 Å². The third kappa shape index (κ3) is 4.19. The van der Waals surface area contributed by atoms with Crippen LogP contribution in [-0.4, -0.2) is 23.5 Å². The first-order valence-corrected chi connectivity index (χ1v) is 8.39. The van der Waals surface area contributed by atoms with Crippen molar-refractivity contribution >= 4 is 28.3 Å². The minimum atomic E-state index is -0.273. The molecular formula is C21H20N2O3. The summed E-state index contributed by atoms with van der Waals surface area (Å²) in [7, 11) is 0. The molecule has 26 heavy (non-hydrogen) atoms. The molecule has 2 amide bonds. The number of anilines is 1. The van der Waals surface area contributed by atoms with E-state index in [2.05, 4.69) is 10.6 Å². The van der Waals surface area contributed by atoms with Gasteiger partial charge in [0.05, 0.1) is 5.69 Å². The van der Waals surface area contributed by atoms with Gasteiger partial charge in [0, 0.05) is 18.5 Å². The number of amides is 2. The molecule has 5 nitrogen and oxygen atoms in total. The van der Waals surface area contributed by atoms with E-state index in [9.17, 15) is 14.7 Å². The van der Waals surface area contributed by atoms with Crippen molar-refractivity contribution in [3.63, 3.8) is 0 Å². The van der Waals surface area contributed by atoms with Crippen molar-refractivity contribution in [2.75, 3.05) is 11.9 Å². The molecule has 132 valence electrons. The van der Waals surface area contributed by atoms with E-state index in [4.69, 9.17) is 0 Å². The van der Waals surface area contributed by atoms with E-state index in [1.165, 1.54) is 6.07 Å². The normalized spacial score (nSPS) is 10.5. The molecule has 0 saturated heterocycles. The van der Waals surface area contributed by atoms with Crippen LogP contribution in [0.2, 0.25) is 0 Å². The van der Waals surface area contributed by atoms with Crippen molar-refractivity contribution in [3.8, 4) is 5.75 Å². The van der Waals surface area contributed by atoms with Crippen LogP contribution in [0.1, 0.15) is 22.3 Å². The van der Waals surface area contributed by atoms with E-state index in [1.54, 1.807) is 18.2 Å². The van der Waals surface area contributed by atoms with Crippen LogP contribution in [0.4, 0.5) is 5.69 Å². The SMILES string of the molecule is Cc1ccc(O)c(NC(=O)CCNC(=O)c2ccc3ccccc3c2)c1. The second kappa shape index (κ2) is 7.70. The van der Waals surface area contributed by atoms with Gasteiger partial charge in [-0.2, -0.15) is 0 Å². The number of phenols is 1. The molecule has 5 heteroatoms. The molecule has 0 unspecified atom stereocenters. The molecule has 3 N–H and O–H groups in total. The lowest BCUT2D eigenvalue weighted by molar-refractivity contribution is -0.116. The number of hydrogen-bond donors (Lipinski definition) is 3. The summed E-state index contributed by atoms with van der Waals surface area (Å²) in [5.74, 6) is -0.476. The smallest absolute Gasteiger partial charge is 0.251 e. The Kier molecular flexibility index (Phi) is 5.17. The lowest BCUT2D eigenvalue weighted by Gasteiger charge is -2.09. The van der Waals surface area contributed by atoms with Crippen molar-refractivity contribution < 1.29 is 14.7 Å². The van der Waals surface area contributed by atoms with Gasteiger partial charge in [0.25, 0.3) is 5.91 Å². The Balaban J connectivity index is 1.54. The summed E-state index contributed by atoms with van der Waals surface area (Å²) in [6.07, 6.45) is 0.118. The van der Waals surface area contributed by atoms with Crippen LogP contribution in [0.25, 0.3) is 10.8 Å². The highest BCUT2D eigenvalue weighted by Gasteiger charge is 2.09. The van der Waals surface area contributed by atoms with Crippen LogP contribution < -0.4 is 10.6 Å². The van der Waals surface area contributed by atoms with Crippen molar-refractivity contribution in [3.05, 3.63) is 71.8 Å². The van der Waals surface area contributed by atoms with Gasteiger partial charge >= 0.3 is 0 Å². The Morgan fingerprint density at radius 2 is 1.73 bits per heavy atom. The van der Waals surface area contributed by atoms with E-state index in [1.807, 2.05) is 43.3 Å². The number of fused-ring (bicyclic) bond motifs is 1. The first-order valence-electron chi connectivity index (χ1n) is 8.39. The molecule has 0 spiro atoms. The molecule has 0 fully saturated rings. The minimum Gasteiger partial charge on any atom is -0.506 e. The highest BCUT2D eigenvalue weighted by atomic mass is 16.3. The molecule has 0 heterocycles. The van der Waals surface area contributed by atoms with E-state index >= 15 is 0 Å². The summed E-state index contributed by atoms with van der Waals surface area (Å²) in [4.78, 5) is 24.2. The largest absolute Gasteiger partial charge is 0.506 e. The van der Waals surface area contributed by atoms with Crippen LogP contribution in [-0.2, 0) is 4.79 Å². The fourth-order valence-electron chi connectivity index (χ4n) is 2.68. The van der Waals surface area contributed by atoms with Gasteiger partial charge in [0.2, 0.25) is 5.91 Å². The van der Waals surface area contributed by atoms with Crippen LogP contribution in [0, 0.1) is 6.92 Å². The molecular weight excluding hydrogens is 328 g/mol. The van der Waals surface area contributed by atoms with Gasteiger partial charge in [0.15, 0.2) is 0 Å². The van der Waals surface area contributed by atoms with Gasteiger partial charge in [-0.25, -0.2) is 0 Å². The zero-order chi connectivity index (χ0) is 18.5. The van der Waals surface area contributed by atoms with Crippen LogP contribution >= 0.6 is 0 Å². The molecule has 0 aliphatic carbocycles. The lowest BCUT2D eigenvalue weighted by atomic mass is 10.1. The number of carbonyl (C=O) groups excluding carboxylic acids is 2. The van der Waals surface area contributed by atoms with Crippen molar-refractivity contribution in [2.45, 2.75) is 13.3 Å². The maximum Gasteiger partial charge on any atom is 0.251 e. The molecule has 0 saturated carbocycles.